The highest BCUT2D eigenvalue weighted by Gasteiger charge is 2.50. The monoisotopic (exact) mass is 262 g/mol. The molecule has 1 saturated heterocycles. The van der Waals surface area contributed by atoms with E-state index in [1.54, 1.807) is 0 Å². The normalized spacial score (nSPS) is 26.4. The van der Waals surface area contributed by atoms with Gasteiger partial charge in [-0.05, 0) is 6.92 Å². The first-order chi connectivity index (χ1) is 8.35. The van der Waals surface area contributed by atoms with E-state index in [-0.39, 0.29) is 5.56 Å². The number of hydrogen-bond donors (Lipinski definition) is 2. The zero-order valence-electron chi connectivity index (χ0n) is 9.52. The summed E-state index contributed by atoms with van der Waals surface area (Å²) in [7, 11) is 0. The maximum absolute atomic E-state index is 13.4. The fraction of sp³-hybridized carbons (Fsp3) is 0.600. The Kier molecular flexibility index (Phi) is 3.07. The molecule has 0 bridgehead atoms. The number of aromatic amines is 1. The van der Waals surface area contributed by atoms with Crippen LogP contribution in [0.2, 0.25) is 0 Å². The highest BCUT2D eigenvalue weighted by molar-refractivity contribution is 5.02. The first-order valence-electron chi connectivity index (χ1n) is 5.31. The van der Waals surface area contributed by atoms with Gasteiger partial charge in [0.1, 0.15) is 12.3 Å². The van der Waals surface area contributed by atoms with E-state index < -0.39 is 42.5 Å². The van der Waals surface area contributed by atoms with Crippen molar-refractivity contribution in [2.75, 3.05) is 6.61 Å². The van der Waals surface area contributed by atoms with Gasteiger partial charge in [-0.15, -0.1) is 0 Å². The van der Waals surface area contributed by atoms with Gasteiger partial charge in [-0.2, -0.15) is 0 Å². The van der Waals surface area contributed by atoms with Gasteiger partial charge < -0.3 is 9.84 Å². The van der Waals surface area contributed by atoms with Crippen molar-refractivity contribution in [3.05, 3.63) is 32.6 Å². The third kappa shape index (κ3) is 2.08. The Morgan fingerprint density at radius 2 is 2.28 bits per heavy atom. The molecular weight excluding hydrogens is 250 g/mol. The Labute approximate surface area is 99.8 Å². The lowest BCUT2D eigenvalue weighted by molar-refractivity contribution is -0.102. The number of aliphatic hydroxyl groups is 1. The van der Waals surface area contributed by atoms with Gasteiger partial charge in [0.15, 0.2) is 0 Å². The number of aryl methyl sites for hydroxylation is 1. The number of alkyl halides is 2. The smallest absolute Gasteiger partial charge is 0.330 e. The van der Waals surface area contributed by atoms with E-state index in [1.807, 2.05) is 4.98 Å². The zero-order chi connectivity index (χ0) is 13.5. The van der Waals surface area contributed by atoms with Crippen molar-refractivity contribution in [3.63, 3.8) is 0 Å². The number of nitrogens with one attached hydrogen (secondary N) is 1. The number of halogens is 2. The van der Waals surface area contributed by atoms with E-state index in [4.69, 9.17) is 9.84 Å². The Morgan fingerprint density at radius 1 is 1.61 bits per heavy atom. The Bertz CT molecular complexity index is 566. The predicted octanol–water partition coefficient (Wildman–Crippen LogP) is -0.240. The highest BCUT2D eigenvalue weighted by atomic mass is 19.3. The molecule has 0 radical (unpaired) electrons. The number of H-pyrrole nitrogens is 1. The van der Waals surface area contributed by atoms with E-state index in [0.717, 1.165) is 4.57 Å². The van der Waals surface area contributed by atoms with Gasteiger partial charge in [-0.25, -0.2) is 13.6 Å². The van der Waals surface area contributed by atoms with Crippen LogP contribution in [-0.2, 0) is 4.74 Å². The molecule has 1 aromatic rings. The molecule has 0 aromatic carbocycles. The molecule has 8 heteroatoms. The summed E-state index contributed by atoms with van der Waals surface area (Å²) in [6.07, 6.45) is -2.38. The van der Waals surface area contributed by atoms with Crippen LogP contribution >= 0.6 is 0 Å². The first-order valence-corrected chi connectivity index (χ1v) is 5.31. The number of aliphatic hydroxyl groups excluding tert-OH is 1. The molecule has 0 spiro atoms. The average molecular weight is 262 g/mol. The van der Waals surface area contributed by atoms with E-state index in [9.17, 15) is 18.4 Å². The van der Waals surface area contributed by atoms with Crippen molar-refractivity contribution >= 4 is 0 Å². The molecule has 2 atom stereocenters. The molecule has 1 aliphatic rings. The van der Waals surface area contributed by atoms with Gasteiger partial charge in [0.05, 0.1) is 13.0 Å². The maximum Gasteiger partial charge on any atom is 0.330 e. The van der Waals surface area contributed by atoms with Gasteiger partial charge >= 0.3 is 5.69 Å². The van der Waals surface area contributed by atoms with Crippen molar-refractivity contribution in [1.82, 2.24) is 9.55 Å². The third-order valence-corrected chi connectivity index (χ3v) is 2.86. The minimum Gasteiger partial charge on any atom is -0.393 e. The molecule has 0 aliphatic carbocycles. The molecule has 2 heterocycles. The fourth-order valence-corrected chi connectivity index (χ4v) is 1.84. The number of nitrogens with zero attached hydrogens (tertiary/aromatic N) is 1. The van der Waals surface area contributed by atoms with Crippen LogP contribution in [0.3, 0.4) is 0 Å². The first kappa shape index (κ1) is 12.9. The molecule has 0 saturated carbocycles. The van der Waals surface area contributed by atoms with Crippen LogP contribution in [-0.4, -0.2) is 33.3 Å². The second-order valence-corrected chi connectivity index (χ2v) is 4.21. The fourth-order valence-electron chi connectivity index (χ4n) is 1.84. The Balaban J connectivity index is 2.38. The van der Waals surface area contributed by atoms with Crippen LogP contribution in [0, 0.1) is 6.92 Å². The van der Waals surface area contributed by atoms with Gasteiger partial charge in [0, 0.05) is 11.8 Å². The third-order valence-electron chi connectivity index (χ3n) is 2.86. The van der Waals surface area contributed by atoms with E-state index in [0.29, 0.717) is 0 Å². The van der Waals surface area contributed by atoms with Gasteiger partial charge in [0.2, 0.25) is 0 Å². The number of rotatable bonds is 2. The summed E-state index contributed by atoms with van der Waals surface area (Å²) in [4.78, 5) is 24.7. The SMILES string of the molecule is Cc1cn(C2CC(F)(F)C(CO)O2)c(=O)[nH]c1=O. The second kappa shape index (κ2) is 4.29. The molecule has 1 aromatic heterocycles. The van der Waals surface area contributed by atoms with E-state index in [1.165, 1.54) is 13.1 Å². The summed E-state index contributed by atoms with van der Waals surface area (Å²) < 4.78 is 32.6. The minimum absolute atomic E-state index is 0.217. The minimum atomic E-state index is -3.21. The second-order valence-electron chi connectivity index (χ2n) is 4.21. The van der Waals surface area contributed by atoms with Crippen molar-refractivity contribution in [1.29, 1.82) is 0 Å². The van der Waals surface area contributed by atoms with Crippen LogP contribution in [0.4, 0.5) is 8.78 Å². The molecule has 6 nitrogen and oxygen atoms in total. The summed E-state index contributed by atoms with van der Waals surface area (Å²) in [6.45, 7) is 0.617. The summed E-state index contributed by atoms with van der Waals surface area (Å²) in [5.41, 5.74) is -1.17. The quantitative estimate of drug-likeness (QED) is 0.770. The lowest BCUT2D eigenvalue weighted by atomic mass is 10.1. The summed E-state index contributed by atoms with van der Waals surface area (Å²) >= 11 is 0. The molecular formula is C10H12F2N2O4. The standard InChI is InChI=1S/C10H12F2N2O4/c1-5-3-14(9(17)13-8(5)16)7-2-10(11,12)6(4-15)18-7/h3,6-7,15H,2,4H2,1H3,(H,13,16,17). The Morgan fingerprint density at radius 3 is 2.83 bits per heavy atom. The molecule has 1 fully saturated rings. The molecule has 2 unspecified atom stereocenters. The van der Waals surface area contributed by atoms with E-state index >= 15 is 0 Å². The van der Waals surface area contributed by atoms with Crippen molar-refractivity contribution in [2.24, 2.45) is 0 Å². The lowest BCUT2D eigenvalue weighted by Gasteiger charge is -2.14. The topological polar surface area (TPSA) is 84.3 Å². The lowest BCUT2D eigenvalue weighted by Crippen LogP contribution is -2.33. The maximum atomic E-state index is 13.4. The van der Waals surface area contributed by atoms with Gasteiger partial charge in [-0.3, -0.25) is 14.3 Å². The zero-order valence-corrected chi connectivity index (χ0v) is 9.52. The Hall–Kier alpha value is -1.54. The van der Waals surface area contributed by atoms with Crippen molar-refractivity contribution < 1.29 is 18.6 Å². The van der Waals surface area contributed by atoms with Crippen LogP contribution in [0.25, 0.3) is 0 Å². The highest BCUT2D eigenvalue weighted by Crippen LogP contribution is 2.39. The number of ether oxygens (including phenoxy) is 1. The van der Waals surface area contributed by atoms with E-state index in [2.05, 4.69) is 0 Å². The summed E-state index contributed by atoms with van der Waals surface area (Å²) in [5.74, 6) is -3.21. The van der Waals surface area contributed by atoms with Crippen LogP contribution < -0.4 is 11.2 Å². The molecule has 2 N–H and O–H groups in total. The van der Waals surface area contributed by atoms with Gasteiger partial charge in [-0.1, -0.05) is 0 Å². The van der Waals surface area contributed by atoms with Crippen molar-refractivity contribution in [3.8, 4) is 0 Å². The predicted molar refractivity (Wildman–Crippen MR) is 56.6 cm³/mol. The number of aromatic nitrogens is 2. The molecule has 18 heavy (non-hydrogen) atoms. The van der Waals surface area contributed by atoms with Crippen molar-refractivity contribution in [2.45, 2.75) is 31.6 Å². The van der Waals surface area contributed by atoms with Crippen LogP contribution in [0.15, 0.2) is 15.8 Å². The molecule has 100 valence electrons. The molecule has 1 aliphatic heterocycles. The largest absolute Gasteiger partial charge is 0.393 e. The summed E-state index contributed by atoms with van der Waals surface area (Å²) in [5, 5.41) is 8.78. The van der Waals surface area contributed by atoms with Crippen LogP contribution in [0.1, 0.15) is 18.2 Å². The molecule has 0 amide bonds. The molecule has 2 rings (SSSR count). The summed E-state index contributed by atoms with van der Waals surface area (Å²) in [6, 6.07) is 0. The van der Waals surface area contributed by atoms with Gasteiger partial charge in [0.25, 0.3) is 11.5 Å². The van der Waals surface area contributed by atoms with Crippen LogP contribution in [0.5, 0.6) is 0 Å². The average Bonchev–Trinajstić information content (AvgIpc) is 2.58. The number of hydrogen-bond acceptors (Lipinski definition) is 4.